The minimum atomic E-state index is -0.521. The number of likely N-dealkylation sites (N-methyl/N-ethyl adjacent to an activating group) is 1. The molecule has 0 saturated heterocycles. The second kappa shape index (κ2) is 7.34. The molecule has 0 aliphatic carbocycles. The second-order valence-corrected chi connectivity index (χ2v) is 6.57. The van der Waals surface area contributed by atoms with Crippen LogP contribution in [0.25, 0.3) is 10.8 Å². The molecule has 0 radical (unpaired) electrons. The fourth-order valence-corrected chi connectivity index (χ4v) is 2.25. The van der Waals surface area contributed by atoms with E-state index in [1.165, 1.54) is 4.90 Å². The Bertz CT molecular complexity index is 734. The lowest BCUT2D eigenvalue weighted by molar-refractivity contribution is 0.0278. The van der Waals surface area contributed by atoms with Crippen LogP contribution in [-0.4, -0.2) is 43.1 Å². The van der Waals surface area contributed by atoms with Crippen molar-refractivity contribution in [1.29, 1.82) is 0 Å². The molecule has 0 aliphatic rings. The summed E-state index contributed by atoms with van der Waals surface area (Å²) in [6, 6.07) is 11.1. The van der Waals surface area contributed by atoms with Crippen molar-refractivity contribution in [3.8, 4) is 5.75 Å². The van der Waals surface area contributed by atoms with Crippen molar-refractivity contribution >= 4 is 23.2 Å². The lowest BCUT2D eigenvalue weighted by Gasteiger charge is -2.24. The van der Waals surface area contributed by atoms with Crippen molar-refractivity contribution < 1.29 is 19.1 Å². The summed E-state index contributed by atoms with van der Waals surface area (Å²) < 4.78 is 11.1. The van der Waals surface area contributed by atoms with Crippen LogP contribution in [0.1, 0.15) is 31.1 Å². The van der Waals surface area contributed by atoms with E-state index in [9.17, 15) is 9.59 Å². The van der Waals surface area contributed by atoms with Gasteiger partial charge in [0.25, 0.3) is 0 Å². The first-order chi connectivity index (χ1) is 11.3. The number of fused-ring (bicyclic) bond motifs is 1. The molecule has 0 spiro atoms. The SMILES string of the molecule is CN(CCOc1ccc(C=O)c2ccccc12)C(=O)OC(C)(C)C. The summed E-state index contributed by atoms with van der Waals surface area (Å²) in [7, 11) is 1.67. The number of rotatable bonds is 5. The molecule has 1 amide bonds. The van der Waals surface area contributed by atoms with Crippen molar-refractivity contribution in [1.82, 2.24) is 4.90 Å². The van der Waals surface area contributed by atoms with Gasteiger partial charge in [-0.1, -0.05) is 24.3 Å². The summed E-state index contributed by atoms with van der Waals surface area (Å²) in [4.78, 5) is 24.5. The molecule has 0 aliphatic heterocycles. The number of benzene rings is 2. The molecular weight excluding hydrogens is 306 g/mol. The molecule has 0 aromatic heterocycles. The van der Waals surface area contributed by atoms with Crippen molar-refractivity contribution in [2.75, 3.05) is 20.2 Å². The molecule has 2 aromatic rings. The first-order valence-electron chi connectivity index (χ1n) is 7.85. The summed E-state index contributed by atoms with van der Waals surface area (Å²) in [6.07, 6.45) is 0.454. The van der Waals surface area contributed by atoms with Crippen LogP contribution < -0.4 is 4.74 Å². The van der Waals surface area contributed by atoms with Gasteiger partial charge in [-0.25, -0.2) is 4.79 Å². The number of nitrogens with zero attached hydrogens (tertiary/aromatic N) is 1. The molecule has 2 rings (SSSR count). The first-order valence-corrected chi connectivity index (χ1v) is 7.85. The zero-order chi connectivity index (χ0) is 17.7. The highest BCUT2D eigenvalue weighted by Gasteiger charge is 2.19. The van der Waals surface area contributed by atoms with Gasteiger partial charge in [0.2, 0.25) is 0 Å². The van der Waals surface area contributed by atoms with E-state index in [0.29, 0.717) is 24.5 Å². The number of ether oxygens (including phenoxy) is 2. The number of hydrogen-bond donors (Lipinski definition) is 0. The Morgan fingerprint density at radius 3 is 2.42 bits per heavy atom. The van der Waals surface area contributed by atoms with Gasteiger partial charge in [-0.05, 0) is 38.3 Å². The molecule has 0 N–H and O–H groups in total. The summed E-state index contributed by atoms with van der Waals surface area (Å²) in [6.45, 7) is 6.22. The summed E-state index contributed by atoms with van der Waals surface area (Å²) in [5, 5.41) is 1.73. The van der Waals surface area contributed by atoms with Crippen LogP contribution in [0, 0.1) is 0 Å². The Morgan fingerprint density at radius 2 is 1.79 bits per heavy atom. The number of carbonyl (C=O) groups is 2. The highest BCUT2D eigenvalue weighted by Crippen LogP contribution is 2.27. The van der Waals surface area contributed by atoms with E-state index < -0.39 is 5.60 Å². The van der Waals surface area contributed by atoms with Crippen LogP contribution in [0.15, 0.2) is 36.4 Å². The van der Waals surface area contributed by atoms with E-state index in [1.54, 1.807) is 19.2 Å². The van der Waals surface area contributed by atoms with E-state index in [1.807, 2.05) is 45.0 Å². The third kappa shape index (κ3) is 4.47. The average Bonchev–Trinajstić information content (AvgIpc) is 2.53. The van der Waals surface area contributed by atoms with Crippen LogP contribution >= 0.6 is 0 Å². The van der Waals surface area contributed by atoms with Gasteiger partial charge in [-0.2, -0.15) is 0 Å². The predicted octanol–water partition coefficient (Wildman–Crippen LogP) is 3.90. The molecular formula is C19H23NO4. The molecule has 0 fully saturated rings. The number of aldehydes is 1. The van der Waals surface area contributed by atoms with Gasteiger partial charge >= 0.3 is 6.09 Å². The fraction of sp³-hybridized carbons (Fsp3) is 0.368. The normalized spacial score (nSPS) is 11.2. The Kier molecular flexibility index (Phi) is 5.44. The number of amides is 1. The van der Waals surface area contributed by atoms with Crippen molar-refractivity contribution in [3.63, 3.8) is 0 Å². The Hall–Kier alpha value is -2.56. The van der Waals surface area contributed by atoms with Gasteiger partial charge in [0.1, 0.15) is 18.0 Å². The van der Waals surface area contributed by atoms with Crippen molar-refractivity contribution in [2.24, 2.45) is 0 Å². The maximum absolute atomic E-state index is 11.9. The fourth-order valence-electron chi connectivity index (χ4n) is 2.25. The van der Waals surface area contributed by atoms with Gasteiger partial charge in [0.15, 0.2) is 6.29 Å². The molecule has 128 valence electrons. The minimum Gasteiger partial charge on any atom is -0.491 e. The van der Waals surface area contributed by atoms with E-state index in [2.05, 4.69) is 0 Å². The summed E-state index contributed by atoms with van der Waals surface area (Å²) in [5.41, 5.74) is 0.108. The molecule has 0 unspecified atom stereocenters. The zero-order valence-corrected chi connectivity index (χ0v) is 14.5. The minimum absolute atomic E-state index is 0.334. The maximum atomic E-state index is 11.9. The van der Waals surface area contributed by atoms with Crippen LogP contribution in [0.4, 0.5) is 4.79 Å². The Labute approximate surface area is 142 Å². The number of carbonyl (C=O) groups excluding carboxylic acids is 2. The third-order valence-electron chi connectivity index (χ3n) is 3.43. The molecule has 5 nitrogen and oxygen atoms in total. The topological polar surface area (TPSA) is 55.8 Å². The van der Waals surface area contributed by atoms with E-state index in [-0.39, 0.29) is 6.09 Å². The number of hydrogen-bond acceptors (Lipinski definition) is 4. The summed E-state index contributed by atoms with van der Waals surface area (Å²) >= 11 is 0. The third-order valence-corrected chi connectivity index (χ3v) is 3.43. The lowest BCUT2D eigenvalue weighted by atomic mass is 10.0. The lowest BCUT2D eigenvalue weighted by Crippen LogP contribution is -2.36. The van der Waals surface area contributed by atoms with Gasteiger partial charge in [-0.3, -0.25) is 4.79 Å². The molecule has 0 heterocycles. The second-order valence-electron chi connectivity index (χ2n) is 6.57. The zero-order valence-electron chi connectivity index (χ0n) is 14.5. The van der Waals surface area contributed by atoms with E-state index in [0.717, 1.165) is 17.1 Å². The maximum Gasteiger partial charge on any atom is 0.410 e. The van der Waals surface area contributed by atoms with Crippen molar-refractivity contribution in [2.45, 2.75) is 26.4 Å². The van der Waals surface area contributed by atoms with Gasteiger partial charge < -0.3 is 14.4 Å². The Morgan fingerprint density at radius 1 is 1.12 bits per heavy atom. The van der Waals surface area contributed by atoms with Crippen LogP contribution in [0.3, 0.4) is 0 Å². The quantitative estimate of drug-likeness (QED) is 0.781. The highest BCUT2D eigenvalue weighted by atomic mass is 16.6. The molecule has 0 saturated carbocycles. The average molecular weight is 329 g/mol. The molecule has 2 aromatic carbocycles. The molecule has 5 heteroatoms. The molecule has 0 bridgehead atoms. The molecule has 0 atom stereocenters. The van der Waals surface area contributed by atoms with Crippen LogP contribution in [-0.2, 0) is 4.74 Å². The smallest absolute Gasteiger partial charge is 0.410 e. The predicted molar refractivity (Wildman–Crippen MR) is 93.7 cm³/mol. The Balaban J connectivity index is 2.02. The first kappa shape index (κ1) is 17.8. The van der Waals surface area contributed by atoms with Gasteiger partial charge in [0.05, 0.1) is 6.54 Å². The van der Waals surface area contributed by atoms with E-state index >= 15 is 0 Å². The molecule has 24 heavy (non-hydrogen) atoms. The van der Waals surface area contributed by atoms with Crippen LogP contribution in [0.5, 0.6) is 5.75 Å². The van der Waals surface area contributed by atoms with Gasteiger partial charge in [0, 0.05) is 18.0 Å². The summed E-state index contributed by atoms with van der Waals surface area (Å²) in [5.74, 6) is 0.689. The van der Waals surface area contributed by atoms with Gasteiger partial charge in [-0.15, -0.1) is 0 Å². The standard InChI is InChI=1S/C19H23NO4/c1-19(2,3)24-18(22)20(4)11-12-23-17-10-9-14(13-21)15-7-5-6-8-16(15)17/h5-10,13H,11-12H2,1-4H3. The van der Waals surface area contributed by atoms with E-state index in [4.69, 9.17) is 9.47 Å². The highest BCUT2D eigenvalue weighted by molar-refractivity contribution is 6.00. The largest absolute Gasteiger partial charge is 0.491 e. The van der Waals surface area contributed by atoms with Crippen molar-refractivity contribution in [3.05, 3.63) is 42.0 Å². The monoisotopic (exact) mass is 329 g/mol. The van der Waals surface area contributed by atoms with Crippen LogP contribution in [0.2, 0.25) is 0 Å².